The van der Waals surface area contributed by atoms with Crippen LogP contribution in [0.4, 0.5) is 20.6 Å². The summed E-state index contributed by atoms with van der Waals surface area (Å²) in [6.07, 6.45) is -0.590. The standard InChI is InChI=1S/C20H28FN5O4S/c1-2-29-18(27)5-6-24-7-9-25(10-8-24)17-4-3-14(11-16(17)21)26-13-15(30-20(26)28)12-23-19(22)31/h3-4,11,15H,2,5-10,12-13H2,1H3,(H3,22,23,31)/t15-/m0/s1. The Morgan fingerprint density at radius 2 is 2.10 bits per heavy atom. The van der Waals surface area contributed by atoms with Crippen molar-refractivity contribution in [3.63, 3.8) is 0 Å². The molecule has 0 saturated carbocycles. The molecule has 2 aliphatic heterocycles. The number of rotatable bonds is 8. The molecule has 1 aromatic carbocycles. The van der Waals surface area contributed by atoms with E-state index in [-0.39, 0.29) is 17.6 Å². The number of halogens is 1. The van der Waals surface area contributed by atoms with E-state index in [0.29, 0.717) is 50.6 Å². The first kappa shape index (κ1) is 23.0. The highest BCUT2D eigenvalue weighted by molar-refractivity contribution is 7.80. The van der Waals surface area contributed by atoms with Crippen molar-refractivity contribution in [2.45, 2.75) is 19.4 Å². The topological polar surface area (TPSA) is 100 Å². The van der Waals surface area contributed by atoms with E-state index >= 15 is 0 Å². The number of benzene rings is 1. The smallest absolute Gasteiger partial charge is 0.414 e. The highest BCUT2D eigenvalue weighted by atomic mass is 32.1. The fraction of sp³-hybridized carbons (Fsp3) is 0.550. The minimum Gasteiger partial charge on any atom is -0.466 e. The number of amides is 1. The first-order valence-corrected chi connectivity index (χ1v) is 10.7. The molecule has 31 heavy (non-hydrogen) atoms. The van der Waals surface area contributed by atoms with Gasteiger partial charge in [-0.15, -0.1) is 0 Å². The Bertz CT molecular complexity index is 819. The minimum atomic E-state index is -0.530. The Hall–Kier alpha value is -2.66. The third kappa shape index (κ3) is 6.17. The number of cyclic esters (lactones) is 1. The maximum Gasteiger partial charge on any atom is 0.414 e. The predicted octanol–water partition coefficient (Wildman–Crippen LogP) is 1.06. The minimum absolute atomic E-state index is 0.130. The number of nitrogens with one attached hydrogen (secondary N) is 1. The maximum absolute atomic E-state index is 14.9. The molecule has 0 aliphatic carbocycles. The average Bonchev–Trinajstić information content (AvgIpc) is 3.12. The fourth-order valence-electron chi connectivity index (χ4n) is 3.67. The molecule has 9 nitrogen and oxygen atoms in total. The fourth-order valence-corrected chi connectivity index (χ4v) is 3.75. The summed E-state index contributed by atoms with van der Waals surface area (Å²) in [7, 11) is 0. The van der Waals surface area contributed by atoms with Crippen LogP contribution in [0.5, 0.6) is 0 Å². The van der Waals surface area contributed by atoms with E-state index in [1.807, 2.05) is 4.90 Å². The maximum atomic E-state index is 14.9. The van der Waals surface area contributed by atoms with Crippen LogP contribution in [0.15, 0.2) is 18.2 Å². The first-order chi connectivity index (χ1) is 14.9. The Kier molecular flexibility index (Phi) is 7.85. The summed E-state index contributed by atoms with van der Waals surface area (Å²) in [5.74, 6) is -0.592. The van der Waals surface area contributed by atoms with Crippen LogP contribution in [0, 0.1) is 5.82 Å². The Morgan fingerprint density at radius 3 is 2.74 bits per heavy atom. The van der Waals surface area contributed by atoms with E-state index in [1.54, 1.807) is 19.1 Å². The molecule has 0 aromatic heterocycles. The van der Waals surface area contributed by atoms with Gasteiger partial charge in [0.2, 0.25) is 0 Å². The monoisotopic (exact) mass is 453 g/mol. The number of carbonyl (C=O) groups excluding carboxylic acids is 2. The third-order valence-corrected chi connectivity index (χ3v) is 5.42. The molecular formula is C20H28FN5O4S. The summed E-state index contributed by atoms with van der Waals surface area (Å²) in [4.78, 5) is 29.2. The van der Waals surface area contributed by atoms with Crippen LogP contribution in [-0.2, 0) is 14.3 Å². The number of hydrogen-bond donors (Lipinski definition) is 2. The summed E-state index contributed by atoms with van der Waals surface area (Å²) < 4.78 is 25.1. The lowest BCUT2D eigenvalue weighted by Gasteiger charge is -2.36. The average molecular weight is 454 g/mol. The number of esters is 1. The lowest BCUT2D eigenvalue weighted by Crippen LogP contribution is -2.47. The normalized spacial score (nSPS) is 19.3. The van der Waals surface area contributed by atoms with Crippen molar-refractivity contribution < 1.29 is 23.5 Å². The van der Waals surface area contributed by atoms with Crippen molar-refractivity contribution in [2.75, 3.05) is 62.2 Å². The highest BCUT2D eigenvalue weighted by Crippen LogP contribution is 2.28. The number of anilines is 2. The second-order valence-corrected chi connectivity index (χ2v) is 7.82. The van der Waals surface area contributed by atoms with E-state index in [1.165, 1.54) is 11.0 Å². The number of ether oxygens (including phenoxy) is 2. The molecule has 0 radical (unpaired) electrons. The molecule has 2 heterocycles. The SMILES string of the molecule is CCOC(=O)CCN1CCN(c2ccc(N3C[C@H](CNC(N)=S)OC3=O)cc2F)CC1. The van der Waals surface area contributed by atoms with Gasteiger partial charge < -0.3 is 25.4 Å². The van der Waals surface area contributed by atoms with E-state index in [2.05, 4.69) is 10.2 Å². The number of hydrogen-bond acceptors (Lipinski definition) is 7. The Labute approximate surface area is 186 Å². The van der Waals surface area contributed by atoms with Crippen molar-refractivity contribution in [1.29, 1.82) is 0 Å². The number of piperazine rings is 1. The molecular weight excluding hydrogens is 425 g/mol. The van der Waals surface area contributed by atoms with Crippen LogP contribution in [0.25, 0.3) is 0 Å². The molecule has 0 bridgehead atoms. The summed E-state index contributed by atoms with van der Waals surface area (Å²) in [6.45, 7) is 6.16. The van der Waals surface area contributed by atoms with Gasteiger partial charge in [0, 0.05) is 32.7 Å². The van der Waals surface area contributed by atoms with Gasteiger partial charge in [-0.05, 0) is 37.3 Å². The molecule has 1 amide bonds. The van der Waals surface area contributed by atoms with Crippen LogP contribution in [-0.4, -0.2) is 80.6 Å². The number of thiocarbonyl (C=S) groups is 1. The van der Waals surface area contributed by atoms with E-state index in [0.717, 1.165) is 13.1 Å². The molecule has 0 unspecified atom stereocenters. The molecule has 2 fully saturated rings. The van der Waals surface area contributed by atoms with Gasteiger partial charge >= 0.3 is 12.1 Å². The van der Waals surface area contributed by atoms with Crippen molar-refractivity contribution in [2.24, 2.45) is 5.73 Å². The van der Waals surface area contributed by atoms with Gasteiger partial charge in [0.1, 0.15) is 11.9 Å². The second-order valence-electron chi connectivity index (χ2n) is 7.38. The molecule has 2 saturated heterocycles. The van der Waals surface area contributed by atoms with E-state index in [4.69, 9.17) is 27.4 Å². The van der Waals surface area contributed by atoms with Crippen LogP contribution in [0.2, 0.25) is 0 Å². The van der Waals surface area contributed by atoms with Gasteiger partial charge in [0.15, 0.2) is 5.11 Å². The van der Waals surface area contributed by atoms with Crippen molar-refractivity contribution in [3.8, 4) is 0 Å². The predicted molar refractivity (Wildman–Crippen MR) is 119 cm³/mol. The third-order valence-electron chi connectivity index (χ3n) is 5.27. The Morgan fingerprint density at radius 1 is 1.35 bits per heavy atom. The summed E-state index contributed by atoms with van der Waals surface area (Å²) in [5.41, 5.74) is 6.33. The zero-order chi connectivity index (χ0) is 22.4. The van der Waals surface area contributed by atoms with Gasteiger partial charge in [-0.3, -0.25) is 14.6 Å². The van der Waals surface area contributed by atoms with Gasteiger partial charge in [-0.1, -0.05) is 0 Å². The van der Waals surface area contributed by atoms with Gasteiger partial charge in [0.05, 0.1) is 37.5 Å². The van der Waals surface area contributed by atoms with E-state index in [9.17, 15) is 14.0 Å². The van der Waals surface area contributed by atoms with E-state index < -0.39 is 18.0 Å². The first-order valence-electron chi connectivity index (χ1n) is 10.3. The quantitative estimate of drug-likeness (QED) is 0.442. The Balaban J connectivity index is 1.54. The molecule has 170 valence electrons. The highest BCUT2D eigenvalue weighted by Gasteiger charge is 2.33. The van der Waals surface area contributed by atoms with Crippen LogP contribution in [0.1, 0.15) is 13.3 Å². The number of nitrogens with zero attached hydrogens (tertiary/aromatic N) is 3. The molecule has 2 aliphatic rings. The largest absolute Gasteiger partial charge is 0.466 e. The lowest BCUT2D eigenvalue weighted by atomic mass is 10.2. The van der Waals surface area contributed by atoms with Crippen LogP contribution in [0.3, 0.4) is 0 Å². The molecule has 1 atom stereocenters. The molecule has 0 spiro atoms. The molecule has 3 rings (SSSR count). The van der Waals surface area contributed by atoms with Crippen molar-refractivity contribution >= 4 is 40.8 Å². The van der Waals surface area contributed by atoms with Crippen LogP contribution < -0.4 is 20.9 Å². The lowest BCUT2D eigenvalue weighted by molar-refractivity contribution is -0.143. The molecule has 3 N–H and O–H groups in total. The van der Waals surface area contributed by atoms with Gasteiger partial charge in [-0.2, -0.15) is 0 Å². The van der Waals surface area contributed by atoms with Crippen LogP contribution >= 0.6 is 12.2 Å². The molecule has 1 aromatic rings. The van der Waals surface area contributed by atoms with Crippen molar-refractivity contribution in [3.05, 3.63) is 24.0 Å². The molecule has 11 heteroatoms. The van der Waals surface area contributed by atoms with Crippen molar-refractivity contribution in [1.82, 2.24) is 10.2 Å². The van der Waals surface area contributed by atoms with Gasteiger partial charge in [0.25, 0.3) is 0 Å². The number of nitrogens with two attached hydrogens (primary N) is 1. The summed E-state index contributed by atoms with van der Waals surface area (Å²) in [6, 6.07) is 4.76. The number of carbonyl (C=O) groups is 2. The zero-order valence-electron chi connectivity index (χ0n) is 17.5. The summed E-state index contributed by atoms with van der Waals surface area (Å²) >= 11 is 4.75. The summed E-state index contributed by atoms with van der Waals surface area (Å²) in [5, 5.41) is 2.89. The van der Waals surface area contributed by atoms with Gasteiger partial charge in [-0.25, -0.2) is 9.18 Å². The zero-order valence-corrected chi connectivity index (χ0v) is 18.3. The second kappa shape index (κ2) is 10.6.